The van der Waals surface area contributed by atoms with E-state index in [2.05, 4.69) is 4.98 Å². The van der Waals surface area contributed by atoms with Crippen molar-refractivity contribution in [3.63, 3.8) is 0 Å². The Balaban J connectivity index is 1.97. The Morgan fingerprint density at radius 1 is 1.35 bits per heavy atom. The fraction of sp³-hybridized carbons (Fsp3) is 0.562. The van der Waals surface area contributed by atoms with Crippen LogP contribution in [0.2, 0.25) is 0 Å². The summed E-state index contributed by atoms with van der Waals surface area (Å²) in [5.41, 5.74) is 2.26. The van der Waals surface area contributed by atoms with Crippen LogP contribution < -0.4 is 5.48 Å². The number of carbonyl (C=O) groups excluding carboxylic acids is 2. The lowest BCUT2D eigenvalue weighted by atomic mass is 9.90. The highest BCUT2D eigenvalue weighted by Crippen LogP contribution is 2.28. The zero-order chi connectivity index (χ0) is 17.0. The third-order valence-electron chi connectivity index (χ3n) is 3.74. The maximum atomic E-state index is 12.1. The minimum absolute atomic E-state index is 0.180. The maximum Gasteiger partial charge on any atom is 0.410 e. The number of hydrogen-bond acceptors (Lipinski definition) is 5. The van der Waals surface area contributed by atoms with E-state index in [-0.39, 0.29) is 17.7 Å². The number of carbonyl (C=O) groups is 2. The summed E-state index contributed by atoms with van der Waals surface area (Å²) in [7, 11) is 0. The number of rotatable bonds is 2. The molecule has 2 amide bonds. The van der Waals surface area contributed by atoms with Crippen molar-refractivity contribution >= 4 is 12.0 Å². The molecule has 0 spiro atoms. The van der Waals surface area contributed by atoms with E-state index < -0.39 is 11.5 Å². The average Bonchev–Trinajstić information content (AvgIpc) is 2.53. The van der Waals surface area contributed by atoms with Crippen LogP contribution in [0.25, 0.3) is 0 Å². The number of nitrogens with zero attached hydrogens (tertiary/aromatic N) is 2. The molecule has 1 aromatic heterocycles. The van der Waals surface area contributed by atoms with Gasteiger partial charge in [-0.1, -0.05) is 0 Å². The average molecular weight is 321 g/mol. The molecule has 0 bridgehead atoms. The number of piperidine rings is 1. The van der Waals surface area contributed by atoms with Crippen LogP contribution in [0.5, 0.6) is 0 Å². The van der Waals surface area contributed by atoms with E-state index >= 15 is 0 Å². The number of amides is 2. The van der Waals surface area contributed by atoms with Crippen LogP contribution >= 0.6 is 0 Å². The summed E-state index contributed by atoms with van der Waals surface area (Å²) in [4.78, 5) is 29.1. The van der Waals surface area contributed by atoms with Crippen molar-refractivity contribution in [3.8, 4) is 0 Å². The molecule has 0 atom stereocenters. The molecule has 7 nitrogen and oxygen atoms in total. The van der Waals surface area contributed by atoms with Gasteiger partial charge in [0.25, 0.3) is 5.91 Å². The van der Waals surface area contributed by atoms with Crippen molar-refractivity contribution in [1.29, 1.82) is 0 Å². The van der Waals surface area contributed by atoms with Crippen molar-refractivity contribution in [3.05, 3.63) is 29.6 Å². The molecule has 7 heteroatoms. The van der Waals surface area contributed by atoms with Gasteiger partial charge in [-0.05, 0) is 57.2 Å². The smallest absolute Gasteiger partial charge is 0.410 e. The topological polar surface area (TPSA) is 91.8 Å². The van der Waals surface area contributed by atoms with E-state index in [1.807, 2.05) is 26.8 Å². The normalized spacial score (nSPS) is 16.1. The van der Waals surface area contributed by atoms with E-state index in [1.54, 1.807) is 22.6 Å². The van der Waals surface area contributed by atoms with Crippen molar-refractivity contribution in [2.75, 3.05) is 13.1 Å². The molecule has 0 unspecified atom stereocenters. The Morgan fingerprint density at radius 3 is 2.57 bits per heavy atom. The Kier molecular flexibility index (Phi) is 5.20. The largest absolute Gasteiger partial charge is 0.444 e. The fourth-order valence-corrected chi connectivity index (χ4v) is 2.60. The highest BCUT2D eigenvalue weighted by atomic mass is 16.6. The predicted molar refractivity (Wildman–Crippen MR) is 83.3 cm³/mol. The molecule has 0 aliphatic carbocycles. The third-order valence-corrected chi connectivity index (χ3v) is 3.74. The summed E-state index contributed by atoms with van der Waals surface area (Å²) in [6, 6.07) is 3.54. The van der Waals surface area contributed by atoms with Gasteiger partial charge in [0, 0.05) is 19.3 Å². The minimum Gasteiger partial charge on any atom is -0.444 e. The van der Waals surface area contributed by atoms with Crippen LogP contribution in [-0.2, 0) is 4.74 Å². The van der Waals surface area contributed by atoms with Crippen LogP contribution in [0.3, 0.4) is 0 Å². The second-order valence-corrected chi connectivity index (χ2v) is 6.66. The van der Waals surface area contributed by atoms with Crippen molar-refractivity contribution in [1.82, 2.24) is 15.4 Å². The summed E-state index contributed by atoms with van der Waals surface area (Å²) >= 11 is 0. The van der Waals surface area contributed by atoms with Crippen molar-refractivity contribution in [2.24, 2.45) is 0 Å². The molecule has 126 valence electrons. The first kappa shape index (κ1) is 17.2. The Bertz CT molecular complexity index is 575. The number of likely N-dealkylation sites (tertiary alicyclic amines) is 1. The van der Waals surface area contributed by atoms with Crippen LogP contribution in [0.1, 0.15) is 55.6 Å². The lowest BCUT2D eigenvalue weighted by molar-refractivity contribution is 0.0205. The molecule has 0 aromatic carbocycles. The highest BCUT2D eigenvalue weighted by molar-refractivity contribution is 5.91. The maximum absolute atomic E-state index is 12.1. The first-order valence-electron chi connectivity index (χ1n) is 7.68. The van der Waals surface area contributed by atoms with Crippen LogP contribution in [0.4, 0.5) is 4.79 Å². The van der Waals surface area contributed by atoms with Gasteiger partial charge >= 0.3 is 6.09 Å². The van der Waals surface area contributed by atoms with Crippen LogP contribution in [0.15, 0.2) is 18.3 Å². The second-order valence-electron chi connectivity index (χ2n) is 6.66. The lowest BCUT2D eigenvalue weighted by Gasteiger charge is -2.33. The summed E-state index contributed by atoms with van der Waals surface area (Å²) in [6.07, 6.45) is 2.86. The van der Waals surface area contributed by atoms with Gasteiger partial charge < -0.3 is 9.64 Å². The molecular formula is C16H23N3O4. The number of pyridine rings is 1. The quantitative estimate of drug-likeness (QED) is 0.644. The number of ether oxygens (including phenoxy) is 1. The van der Waals surface area contributed by atoms with Gasteiger partial charge in [0.2, 0.25) is 0 Å². The van der Waals surface area contributed by atoms with Gasteiger partial charge in [-0.2, -0.15) is 0 Å². The molecule has 0 saturated carbocycles. The van der Waals surface area contributed by atoms with E-state index in [0.717, 1.165) is 18.4 Å². The molecule has 2 heterocycles. The zero-order valence-corrected chi connectivity index (χ0v) is 13.7. The SMILES string of the molecule is CC(C)(C)OC(=O)N1CCC(c2ccnc(C(=O)NO)c2)CC1. The monoisotopic (exact) mass is 321 g/mol. The second kappa shape index (κ2) is 6.95. The number of nitrogens with one attached hydrogen (secondary N) is 1. The lowest BCUT2D eigenvalue weighted by Crippen LogP contribution is -2.41. The molecule has 23 heavy (non-hydrogen) atoms. The Hall–Kier alpha value is -2.15. The van der Waals surface area contributed by atoms with Gasteiger partial charge in [0.15, 0.2) is 0 Å². The summed E-state index contributed by atoms with van der Waals surface area (Å²) < 4.78 is 5.38. The molecular weight excluding hydrogens is 298 g/mol. The fourth-order valence-electron chi connectivity index (χ4n) is 2.60. The molecule has 1 saturated heterocycles. The standard InChI is InChI=1S/C16H23N3O4/c1-16(2,3)23-15(21)19-8-5-11(6-9-19)12-4-7-17-13(10-12)14(20)18-22/h4,7,10-11,22H,5-6,8-9H2,1-3H3,(H,18,20). The van der Waals surface area contributed by atoms with Crippen molar-refractivity contribution < 1.29 is 19.5 Å². The van der Waals surface area contributed by atoms with E-state index in [9.17, 15) is 9.59 Å². The first-order chi connectivity index (χ1) is 10.8. The summed E-state index contributed by atoms with van der Waals surface area (Å²) in [6.45, 7) is 6.78. The molecule has 1 aliphatic rings. The molecule has 1 aliphatic heterocycles. The zero-order valence-electron chi connectivity index (χ0n) is 13.7. The van der Waals surface area contributed by atoms with Gasteiger partial charge in [-0.25, -0.2) is 10.3 Å². The number of aromatic nitrogens is 1. The van der Waals surface area contributed by atoms with Gasteiger partial charge in [0.1, 0.15) is 11.3 Å². The van der Waals surface area contributed by atoms with E-state index in [0.29, 0.717) is 13.1 Å². The molecule has 2 rings (SSSR count). The van der Waals surface area contributed by atoms with E-state index in [4.69, 9.17) is 9.94 Å². The minimum atomic E-state index is -0.627. The Morgan fingerprint density at radius 2 is 2.00 bits per heavy atom. The predicted octanol–water partition coefficient (Wildman–Crippen LogP) is 2.32. The van der Waals surface area contributed by atoms with E-state index in [1.165, 1.54) is 0 Å². The summed E-state index contributed by atoms with van der Waals surface area (Å²) in [5, 5.41) is 8.68. The summed E-state index contributed by atoms with van der Waals surface area (Å²) in [5.74, 6) is -0.375. The first-order valence-corrected chi connectivity index (χ1v) is 7.68. The van der Waals surface area contributed by atoms with Gasteiger partial charge in [0.05, 0.1) is 0 Å². The molecule has 1 fully saturated rings. The molecule has 1 aromatic rings. The van der Waals surface area contributed by atoms with Gasteiger partial charge in [-0.15, -0.1) is 0 Å². The van der Waals surface area contributed by atoms with Crippen LogP contribution in [0, 0.1) is 0 Å². The van der Waals surface area contributed by atoms with Crippen molar-refractivity contribution in [2.45, 2.75) is 45.1 Å². The number of hydrogen-bond donors (Lipinski definition) is 2. The molecule has 0 radical (unpaired) electrons. The Labute approximate surface area is 135 Å². The highest BCUT2D eigenvalue weighted by Gasteiger charge is 2.27. The molecule has 2 N–H and O–H groups in total. The van der Waals surface area contributed by atoms with Gasteiger partial charge in [-0.3, -0.25) is 15.0 Å². The third kappa shape index (κ3) is 4.66. The van der Waals surface area contributed by atoms with Crippen LogP contribution in [-0.4, -0.2) is 45.8 Å². The number of hydroxylamine groups is 1.